The first-order valence-corrected chi connectivity index (χ1v) is 5.74. The van der Waals surface area contributed by atoms with Gasteiger partial charge in [-0.05, 0) is 44.5 Å². The van der Waals surface area contributed by atoms with E-state index in [9.17, 15) is 4.39 Å². The molecule has 0 saturated carbocycles. The Labute approximate surface area is 102 Å². The van der Waals surface area contributed by atoms with Crippen molar-refractivity contribution in [2.75, 3.05) is 19.0 Å². The van der Waals surface area contributed by atoms with Crippen LogP contribution in [0.2, 0.25) is 0 Å². The highest BCUT2D eigenvalue weighted by Crippen LogP contribution is 2.18. The molecular formula is C13H21FN2O. The highest BCUT2D eigenvalue weighted by atomic mass is 19.1. The molecule has 0 heterocycles. The van der Waals surface area contributed by atoms with Crippen molar-refractivity contribution in [3.8, 4) is 0 Å². The lowest BCUT2D eigenvalue weighted by Crippen LogP contribution is -2.37. The second kappa shape index (κ2) is 5.98. The Balaban J connectivity index is 2.61. The molecule has 3 N–H and O–H groups in total. The van der Waals surface area contributed by atoms with Crippen molar-refractivity contribution < 1.29 is 9.13 Å². The van der Waals surface area contributed by atoms with Gasteiger partial charge in [-0.2, -0.15) is 0 Å². The summed E-state index contributed by atoms with van der Waals surface area (Å²) in [5.41, 5.74) is 6.36. The maximum atomic E-state index is 12.8. The van der Waals surface area contributed by atoms with E-state index >= 15 is 0 Å². The van der Waals surface area contributed by atoms with Crippen molar-refractivity contribution in [2.24, 2.45) is 5.73 Å². The third-order valence-electron chi connectivity index (χ3n) is 2.79. The third-order valence-corrected chi connectivity index (χ3v) is 2.79. The largest absolute Gasteiger partial charge is 0.381 e. The van der Waals surface area contributed by atoms with Crippen molar-refractivity contribution in [3.63, 3.8) is 0 Å². The fraction of sp³-hybridized carbons (Fsp3) is 0.538. The molecule has 1 aromatic carbocycles. The normalized spacial score (nSPS) is 13.5. The molecule has 0 saturated heterocycles. The molecule has 0 fully saturated rings. The Morgan fingerprint density at radius 1 is 1.35 bits per heavy atom. The molecule has 0 radical (unpaired) electrons. The molecule has 0 bridgehead atoms. The number of hydrogen-bond acceptors (Lipinski definition) is 3. The smallest absolute Gasteiger partial charge is 0.123 e. The molecular weight excluding hydrogens is 219 g/mol. The summed E-state index contributed by atoms with van der Waals surface area (Å²) in [7, 11) is 1.69. The monoisotopic (exact) mass is 240 g/mol. The average molecular weight is 240 g/mol. The van der Waals surface area contributed by atoms with E-state index in [1.165, 1.54) is 12.1 Å². The number of benzene rings is 1. The molecule has 4 heteroatoms. The Morgan fingerprint density at radius 3 is 2.41 bits per heavy atom. The van der Waals surface area contributed by atoms with E-state index in [2.05, 4.69) is 5.32 Å². The molecule has 3 nitrogen and oxygen atoms in total. The zero-order chi connectivity index (χ0) is 12.9. The van der Waals surface area contributed by atoms with Gasteiger partial charge in [0, 0.05) is 25.4 Å². The van der Waals surface area contributed by atoms with Crippen molar-refractivity contribution in [2.45, 2.75) is 31.9 Å². The van der Waals surface area contributed by atoms with Crippen LogP contribution in [0.4, 0.5) is 10.1 Å². The number of nitrogens with one attached hydrogen (secondary N) is 1. The minimum atomic E-state index is -0.239. The molecule has 0 aliphatic rings. The first-order chi connectivity index (χ1) is 7.96. The number of nitrogens with two attached hydrogens (primary N) is 1. The third kappa shape index (κ3) is 4.71. The summed E-state index contributed by atoms with van der Waals surface area (Å²) in [6.45, 7) is 4.54. The predicted octanol–water partition coefficient (Wildman–Crippen LogP) is 2.38. The zero-order valence-electron chi connectivity index (χ0n) is 10.7. The van der Waals surface area contributed by atoms with E-state index in [1.54, 1.807) is 19.2 Å². The van der Waals surface area contributed by atoms with Gasteiger partial charge < -0.3 is 15.8 Å². The first-order valence-electron chi connectivity index (χ1n) is 5.74. The molecule has 96 valence electrons. The zero-order valence-corrected chi connectivity index (χ0v) is 10.7. The average Bonchev–Trinajstić information content (AvgIpc) is 2.31. The van der Waals surface area contributed by atoms with Gasteiger partial charge in [-0.1, -0.05) is 0 Å². The molecule has 1 atom stereocenters. The molecule has 0 aliphatic heterocycles. The molecule has 0 aliphatic carbocycles. The van der Waals surface area contributed by atoms with Crippen LogP contribution in [0.5, 0.6) is 0 Å². The number of rotatable bonds is 6. The van der Waals surface area contributed by atoms with E-state index in [0.717, 1.165) is 12.1 Å². The fourth-order valence-corrected chi connectivity index (χ4v) is 1.65. The molecule has 0 amide bonds. The topological polar surface area (TPSA) is 47.3 Å². The van der Waals surface area contributed by atoms with Crippen LogP contribution in [0.15, 0.2) is 24.3 Å². The van der Waals surface area contributed by atoms with Crippen molar-refractivity contribution in [1.29, 1.82) is 0 Å². The van der Waals surface area contributed by atoms with Gasteiger partial charge in [-0.15, -0.1) is 0 Å². The van der Waals surface area contributed by atoms with Gasteiger partial charge in [0.15, 0.2) is 0 Å². The minimum absolute atomic E-state index is 0.107. The van der Waals surface area contributed by atoms with Crippen molar-refractivity contribution in [3.05, 3.63) is 30.1 Å². The van der Waals surface area contributed by atoms with Gasteiger partial charge >= 0.3 is 0 Å². The second-order valence-corrected chi connectivity index (χ2v) is 4.75. The van der Waals surface area contributed by atoms with E-state index in [1.807, 2.05) is 13.8 Å². The molecule has 1 aromatic rings. The Hall–Kier alpha value is -1.13. The summed E-state index contributed by atoms with van der Waals surface area (Å²) in [6.07, 6.45) is 0.789. The maximum absolute atomic E-state index is 12.8. The molecule has 1 unspecified atom stereocenters. The number of anilines is 1. The first kappa shape index (κ1) is 13.9. The second-order valence-electron chi connectivity index (χ2n) is 4.75. The van der Waals surface area contributed by atoms with Crippen LogP contribution in [-0.2, 0) is 4.74 Å². The standard InChI is InChI=1S/C13H21FN2O/c1-13(2,17-3)8-12(9-15)16-11-6-4-10(14)5-7-11/h4-7,12,16H,8-9,15H2,1-3H3. The van der Waals surface area contributed by atoms with E-state index < -0.39 is 0 Å². The molecule has 17 heavy (non-hydrogen) atoms. The Bertz CT molecular complexity index is 338. The van der Waals surface area contributed by atoms with Crippen LogP contribution in [0.3, 0.4) is 0 Å². The van der Waals surface area contributed by atoms with E-state index in [0.29, 0.717) is 6.54 Å². The van der Waals surface area contributed by atoms with Gasteiger partial charge in [0.05, 0.1) is 5.60 Å². The van der Waals surface area contributed by atoms with Crippen molar-refractivity contribution in [1.82, 2.24) is 0 Å². The molecule has 0 spiro atoms. The van der Waals surface area contributed by atoms with Crippen molar-refractivity contribution >= 4 is 5.69 Å². The van der Waals surface area contributed by atoms with E-state index in [-0.39, 0.29) is 17.5 Å². The van der Waals surface area contributed by atoms with E-state index in [4.69, 9.17) is 10.5 Å². The van der Waals surface area contributed by atoms with Crippen LogP contribution in [0, 0.1) is 5.82 Å². The lowest BCUT2D eigenvalue weighted by atomic mass is 9.98. The Kier molecular flexibility index (Phi) is 4.90. The van der Waals surface area contributed by atoms with Gasteiger partial charge in [0.2, 0.25) is 0 Å². The predicted molar refractivity (Wildman–Crippen MR) is 68.6 cm³/mol. The summed E-state index contributed by atoms with van der Waals surface area (Å²) in [5, 5.41) is 3.27. The van der Waals surface area contributed by atoms with Gasteiger partial charge in [0.25, 0.3) is 0 Å². The van der Waals surface area contributed by atoms with Crippen LogP contribution < -0.4 is 11.1 Å². The van der Waals surface area contributed by atoms with Gasteiger partial charge in [-0.25, -0.2) is 4.39 Å². The molecule has 0 aromatic heterocycles. The SMILES string of the molecule is COC(C)(C)CC(CN)Nc1ccc(F)cc1. The number of ether oxygens (including phenoxy) is 1. The quantitative estimate of drug-likeness (QED) is 0.802. The van der Waals surface area contributed by atoms with Crippen LogP contribution >= 0.6 is 0 Å². The Morgan fingerprint density at radius 2 is 1.94 bits per heavy atom. The van der Waals surface area contributed by atoms with Crippen LogP contribution in [0.25, 0.3) is 0 Å². The van der Waals surface area contributed by atoms with Gasteiger partial charge in [-0.3, -0.25) is 0 Å². The number of methoxy groups -OCH3 is 1. The summed E-state index contributed by atoms with van der Waals surface area (Å²) >= 11 is 0. The minimum Gasteiger partial charge on any atom is -0.381 e. The summed E-state index contributed by atoms with van der Waals surface area (Å²) < 4.78 is 18.1. The molecule has 1 rings (SSSR count). The maximum Gasteiger partial charge on any atom is 0.123 e. The van der Waals surface area contributed by atoms with Gasteiger partial charge in [0.1, 0.15) is 5.82 Å². The highest BCUT2D eigenvalue weighted by molar-refractivity contribution is 5.43. The van der Waals surface area contributed by atoms with Crippen LogP contribution in [0.1, 0.15) is 20.3 Å². The fourth-order valence-electron chi connectivity index (χ4n) is 1.65. The highest BCUT2D eigenvalue weighted by Gasteiger charge is 2.21. The summed E-state index contributed by atoms with van der Waals surface area (Å²) in [4.78, 5) is 0. The lowest BCUT2D eigenvalue weighted by molar-refractivity contribution is 0.0122. The lowest BCUT2D eigenvalue weighted by Gasteiger charge is -2.29. The summed E-state index contributed by atoms with van der Waals surface area (Å²) in [5.74, 6) is -0.239. The number of hydrogen-bond donors (Lipinski definition) is 2. The summed E-state index contributed by atoms with van der Waals surface area (Å²) in [6, 6.07) is 6.38. The number of halogens is 1. The van der Waals surface area contributed by atoms with Crippen LogP contribution in [-0.4, -0.2) is 25.3 Å².